The number of hydrogen-bond donors (Lipinski definition) is 2. The monoisotopic (exact) mass is 264 g/mol. The molecule has 0 aliphatic carbocycles. The molecule has 1 aliphatic heterocycles. The van der Waals surface area contributed by atoms with Gasteiger partial charge < -0.3 is 10.8 Å². The summed E-state index contributed by atoms with van der Waals surface area (Å²) in [4.78, 5) is 8.90. The summed E-state index contributed by atoms with van der Waals surface area (Å²) in [7, 11) is 0. The third-order valence-corrected chi connectivity index (χ3v) is 3.60. The number of nitrogens with two attached hydrogens (primary N) is 1. The van der Waals surface area contributed by atoms with Crippen LogP contribution in [0.5, 0.6) is 0 Å². The molecule has 5 nitrogen and oxygen atoms in total. The van der Waals surface area contributed by atoms with Crippen LogP contribution in [0.1, 0.15) is 19.4 Å². The van der Waals surface area contributed by atoms with Gasteiger partial charge in [-0.15, -0.1) is 0 Å². The molecule has 1 aliphatic rings. The highest BCUT2D eigenvalue weighted by atomic mass is 16.3. The van der Waals surface area contributed by atoms with Gasteiger partial charge in [-0.25, -0.2) is 4.98 Å². The molecule has 2 heterocycles. The van der Waals surface area contributed by atoms with Gasteiger partial charge in [0.2, 0.25) is 0 Å². The molecule has 1 aromatic rings. The summed E-state index contributed by atoms with van der Waals surface area (Å²) in [6.07, 6.45) is 1.60. The molecular weight excluding hydrogens is 240 g/mol. The number of aromatic nitrogens is 1. The van der Waals surface area contributed by atoms with Crippen LogP contribution in [-0.2, 0) is 6.54 Å². The van der Waals surface area contributed by atoms with Gasteiger partial charge in [0.15, 0.2) is 0 Å². The van der Waals surface area contributed by atoms with E-state index in [1.165, 1.54) is 5.56 Å². The number of aliphatic hydroxyl groups is 1. The first kappa shape index (κ1) is 14.2. The molecule has 19 heavy (non-hydrogen) atoms. The Labute approximate surface area is 115 Å². The molecule has 3 N–H and O–H groups in total. The third-order valence-electron chi connectivity index (χ3n) is 3.60. The van der Waals surface area contributed by atoms with Gasteiger partial charge in [-0.3, -0.25) is 9.80 Å². The number of aliphatic hydroxyl groups excluding tert-OH is 1. The second-order valence-corrected chi connectivity index (χ2v) is 5.52. The van der Waals surface area contributed by atoms with Gasteiger partial charge in [0.05, 0.1) is 6.10 Å². The normalized spacial score (nSPS) is 23.4. The average Bonchev–Trinajstić information content (AvgIpc) is 2.35. The fraction of sp³-hybridized carbons (Fsp3) is 0.643. The van der Waals surface area contributed by atoms with Gasteiger partial charge >= 0.3 is 0 Å². The number of piperazine rings is 1. The van der Waals surface area contributed by atoms with Crippen LogP contribution in [0.3, 0.4) is 0 Å². The summed E-state index contributed by atoms with van der Waals surface area (Å²) in [6, 6.07) is 4.36. The molecule has 0 spiro atoms. The molecule has 0 bridgehead atoms. The van der Waals surface area contributed by atoms with E-state index in [0.717, 1.165) is 32.7 Å². The van der Waals surface area contributed by atoms with Crippen molar-refractivity contribution in [3.05, 3.63) is 23.9 Å². The van der Waals surface area contributed by atoms with Crippen molar-refractivity contribution in [2.24, 2.45) is 0 Å². The Balaban J connectivity index is 1.86. The van der Waals surface area contributed by atoms with Crippen LogP contribution in [0.15, 0.2) is 18.3 Å². The molecule has 0 saturated carbocycles. The van der Waals surface area contributed by atoms with Crippen LogP contribution in [-0.4, -0.2) is 58.2 Å². The predicted octanol–water partition coefficient (Wildman–Crippen LogP) is 0.551. The quantitative estimate of drug-likeness (QED) is 0.831. The molecule has 5 heteroatoms. The average molecular weight is 264 g/mol. The highest BCUT2D eigenvalue weighted by Gasteiger charge is 2.24. The van der Waals surface area contributed by atoms with Crippen molar-refractivity contribution in [2.75, 3.05) is 31.9 Å². The highest BCUT2D eigenvalue weighted by molar-refractivity contribution is 5.29. The van der Waals surface area contributed by atoms with Gasteiger partial charge in [-0.1, -0.05) is 6.07 Å². The minimum atomic E-state index is -0.254. The highest BCUT2D eigenvalue weighted by Crippen LogP contribution is 2.13. The lowest BCUT2D eigenvalue weighted by molar-refractivity contribution is 0.0422. The van der Waals surface area contributed by atoms with Crippen LogP contribution < -0.4 is 5.73 Å². The standard InChI is InChI=1S/C14H24N4O/c1-11-8-17(5-6-18(11)9-12(2)19)10-13-3-4-14(15)16-7-13/h3-4,7,11-12,19H,5-6,8-10H2,1-2H3,(H2,15,16). The van der Waals surface area contributed by atoms with Crippen molar-refractivity contribution < 1.29 is 5.11 Å². The van der Waals surface area contributed by atoms with Crippen molar-refractivity contribution in [2.45, 2.75) is 32.5 Å². The number of nitrogen functional groups attached to an aromatic ring is 1. The van der Waals surface area contributed by atoms with Gasteiger partial charge in [0, 0.05) is 45.0 Å². The summed E-state index contributed by atoms with van der Waals surface area (Å²) < 4.78 is 0. The minimum absolute atomic E-state index is 0.254. The Bertz CT molecular complexity index is 393. The minimum Gasteiger partial charge on any atom is -0.392 e. The smallest absolute Gasteiger partial charge is 0.123 e. The van der Waals surface area contributed by atoms with E-state index in [4.69, 9.17) is 5.73 Å². The van der Waals surface area contributed by atoms with Crippen molar-refractivity contribution >= 4 is 5.82 Å². The van der Waals surface area contributed by atoms with Gasteiger partial charge in [-0.2, -0.15) is 0 Å². The van der Waals surface area contributed by atoms with Crippen molar-refractivity contribution in [1.82, 2.24) is 14.8 Å². The SMILES string of the molecule is CC(O)CN1CCN(Cc2ccc(N)nc2)CC1C. The number of rotatable bonds is 4. The first-order valence-electron chi connectivity index (χ1n) is 6.89. The van der Waals surface area contributed by atoms with Crippen LogP contribution in [0, 0.1) is 0 Å². The summed E-state index contributed by atoms with van der Waals surface area (Å²) in [5, 5.41) is 9.47. The van der Waals surface area contributed by atoms with Crippen LogP contribution in [0.4, 0.5) is 5.82 Å². The van der Waals surface area contributed by atoms with Gasteiger partial charge in [-0.05, 0) is 25.5 Å². The maximum Gasteiger partial charge on any atom is 0.123 e. The molecule has 2 unspecified atom stereocenters. The lowest BCUT2D eigenvalue weighted by Gasteiger charge is -2.40. The summed E-state index contributed by atoms with van der Waals surface area (Å²) in [6.45, 7) is 8.81. The van der Waals surface area contributed by atoms with Crippen LogP contribution in [0.25, 0.3) is 0 Å². The van der Waals surface area contributed by atoms with E-state index >= 15 is 0 Å². The third kappa shape index (κ3) is 4.16. The fourth-order valence-electron chi connectivity index (χ4n) is 2.61. The van der Waals surface area contributed by atoms with E-state index in [0.29, 0.717) is 11.9 Å². The Morgan fingerprint density at radius 3 is 2.84 bits per heavy atom. The molecule has 0 radical (unpaired) electrons. The second kappa shape index (κ2) is 6.32. The summed E-state index contributed by atoms with van der Waals surface area (Å²) >= 11 is 0. The van der Waals surface area contributed by atoms with Gasteiger partial charge in [0.25, 0.3) is 0 Å². The second-order valence-electron chi connectivity index (χ2n) is 5.52. The number of pyridine rings is 1. The largest absolute Gasteiger partial charge is 0.392 e. The molecule has 0 amide bonds. The predicted molar refractivity (Wildman–Crippen MR) is 76.6 cm³/mol. The van der Waals surface area contributed by atoms with E-state index in [1.807, 2.05) is 25.3 Å². The Kier molecular flexibility index (Phi) is 4.74. The Hall–Kier alpha value is -1.17. The zero-order chi connectivity index (χ0) is 13.8. The molecule has 106 valence electrons. The topological polar surface area (TPSA) is 65.6 Å². The number of anilines is 1. The first-order chi connectivity index (χ1) is 9.04. The zero-order valence-electron chi connectivity index (χ0n) is 11.8. The maximum atomic E-state index is 9.47. The first-order valence-corrected chi connectivity index (χ1v) is 6.89. The number of hydrogen-bond acceptors (Lipinski definition) is 5. The van der Waals surface area contributed by atoms with E-state index in [2.05, 4.69) is 21.7 Å². The maximum absolute atomic E-state index is 9.47. The van der Waals surface area contributed by atoms with Crippen molar-refractivity contribution in [1.29, 1.82) is 0 Å². The fourth-order valence-corrected chi connectivity index (χ4v) is 2.61. The number of β-amino-alcohol motifs (C(OH)–C–C–N with tert-alkyl or cyclic N) is 1. The summed E-state index contributed by atoms with van der Waals surface area (Å²) in [5.74, 6) is 0.568. The molecule has 2 atom stereocenters. The van der Waals surface area contributed by atoms with E-state index in [1.54, 1.807) is 0 Å². The van der Waals surface area contributed by atoms with E-state index in [-0.39, 0.29) is 6.10 Å². The zero-order valence-corrected chi connectivity index (χ0v) is 11.8. The Morgan fingerprint density at radius 1 is 1.47 bits per heavy atom. The van der Waals surface area contributed by atoms with Gasteiger partial charge in [0.1, 0.15) is 5.82 Å². The van der Waals surface area contributed by atoms with Crippen molar-refractivity contribution in [3.63, 3.8) is 0 Å². The number of nitrogens with zero attached hydrogens (tertiary/aromatic N) is 3. The molecule has 1 fully saturated rings. The molecule has 0 aromatic carbocycles. The Morgan fingerprint density at radius 2 is 2.26 bits per heavy atom. The lowest BCUT2D eigenvalue weighted by Crippen LogP contribution is -2.53. The van der Waals surface area contributed by atoms with E-state index < -0.39 is 0 Å². The summed E-state index contributed by atoms with van der Waals surface area (Å²) in [5.41, 5.74) is 6.79. The lowest BCUT2D eigenvalue weighted by atomic mass is 10.1. The molecule has 2 rings (SSSR count). The van der Waals surface area contributed by atoms with E-state index in [9.17, 15) is 5.11 Å². The molecule has 1 saturated heterocycles. The van der Waals surface area contributed by atoms with Crippen LogP contribution >= 0.6 is 0 Å². The van der Waals surface area contributed by atoms with Crippen LogP contribution in [0.2, 0.25) is 0 Å². The molecule has 1 aromatic heterocycles. The molecular formula is C14H24N4O. The van der Waals surface area contributed by atoms with Crippen molar-refractivity contribution in [3.8, 4) is 0 Å².